The van der Waals surface area contributed by atoms with Crippen molar-refractivity contribution in [3.8, 4) is 5.75 Å². The van der Waals surface area contributed by atoms with Crippen LogP contribution in [-0.2, 0) is 14.9 Å². The third-order valence-corrected chi connectivity index (χ3v) is 8.17. The molecule has 0 aliphatic heterocycles. The Hall–Kier alpha value is -0.370. The normalized spacial score (nSPS) is 12.5. The molecule has 0 aliphatic rings. The maximum Gasteiger partial charge on any atom is 0.354 e. The Kier molecular flexibility index (Phi) is 10.4. The summed E-state index contributed by atoms with van der Waals surface area (Å²) in [6.45, 7) is 0.153. The zero-order valence-electron chi connectivity index (χ0n) is 14.7. The standard InChI is InChI=1S/C15H27NO7P2S/c1-23-14-8-6-13(7-9-14)12-26-11-5-3-2-4-10-16-15(24(17,18)19)25(20,21)22/h6-9,15-16H,2-5,10-12H2,1H3,(H2,17,18,19)(H2,20,21,22). The van der Waals surface area contributed by atoms with Gasteiger partial charge in [0.05, 0.1) is 7.11 Å². The van der Waals surface area contributed by atoms with Crippen LogP contribution in [0.1, 0.15) is 31.2 Å². The van der Waals surface area contributed by atoms with Crippen molar-refractivity contribution < 1.29 is 33.4 Å². The second-order valence-corrected chi connectivity index (χ2v) is 10.7. The van der Waals surface area contributed by atoms with Gasteiger partial charge in [0.1, 0.15) is 5.75 Å². The van der Waals surface area contributed by atoms with E-state index in [0.717, 1.165) is 36.5 Å². The number of hydrogen-bond donors (Lipinski definition) is 5. The van der Waals surface area contributed by atoms with E-state index < -0.39 is 20.7 Å². The highest BCUT2D eigenvalue weighted by Gasteiger charge is 2.42. The van der Waals surface area contributed by atoms with Gasteiger partial charge in [0.15, 0.2) is 0 Å². The number of nitrogens with one attached hydrogen (secondary N) is 1. The van der Waals surface area contributed by atoms with Gasteiger partial charge >= 0.3 is 15.2 Å². The van der Waals surface area contributed by atoms with Crippen molar-refractivity contribution in [1.82, 2.24) is 5.32 Å². The molecule has 0 saturated carbocycles. The largest absolute Gasteiger partial charge is 0.497 e. The molecule has 0 amide bonds. The minimum Gasteiger partial charge on any atom is -0.497 e. The van der Waals surface area contributed by atoms with Crippen molar-refractivity contribution in [2.24, 2.45) is 0 Å². The number of ether oxygens (including phenoxy) is 1. The Morgan fingerprint density at radius 3 is 2.12 bits per heavy atom. The highest BCUT2D eigenvalue weighted by Crippen LogP contribution is 2.58. The Labute approximate surface area is 158 Å². The lowest BCUT2D eigenvalue weighted by Gasteiger charge is -2.20. The first-order valence-corrected chi connectivity index (χ1v) is 12.7. The van der Waals surface area contributed by atoms with Crippen molar-refractivity contribution in [2.75, 3.05) is 19.4 Å². The fourth-order valence-corrected chi connectivity index (χ4v) is 5.54. The third kappa shape index (κ3) is 9.53. The van der Waals surface area contributed by atoms with E-state index in [1.807, 2.05) is 36.0 Å². The lowest BCUT2D eigenvalue weighted by molar-refractivity contribution is 0.327. The summed E-state index contributed by atoms with van der Waals surface area (Å²) < 4.78 is 27.3. The molecule has 1 rings (SSSR count). The first-order valence-electron chi connectivity index (χ1n) is 8.19. The van der Waals surface area contributed by atoms with Crippen LogP contribution in [0.4, 0.5) is 0 Å². The second kappa shape index (κ2) is 11.5. The number of thioether (sulfide) groups is 1. The Morgan fingerprint density at radius 2 is 1.58 bits per heavy atom. The van der Waals surface area contributed by atoms with Crippen molar-refractivity contribution in [3.05, 3.63) is 29.8 Å². The number of unbranched alkanes of at least 4 members (excludes halogenated alkanes) is 3. The van der Waals surface area contributed by atoms with Crippen LogP contribution in [-0.4, -0.2) is 44.5 Å². The molecule has 1 aromatic rings. The first kappa shape index (κ1) is 23.7. The smallest absolute Gasteiger partial charge is 0.354 e. The summed E-state index contributed by atoms with van der Waals surface area (Å²) in [4.78, 5) is 35.9. The van der Waals surface area contributed by atoms with Gasteiger partial charge in [-0.05, 0) is 42.8 Å². The van der Waals surface area contributed by atoms with Gasteiger partial charge in [-0.3, -0.25) is 14.4 Å². The minimum absolute atomic E-state index is 0.153. The fraction of sp³-hybridized carbons (Fsp3) is 0.600. The second-order valence-electron chi connectivity index (χ2n) is 5.82. The highest BCUT2D eigenvalue weighted by atomic mass is 32.2. The molecule has 0 aromatic heterocycles. The molecule has 0 bridgehead atoms. The molecule has 1 aromatic carbocycles. The van der Waals surface area contributed by atoms with Crippen molar-refractivity contribution in [2.45, 2.75) is 37.0 Å². The number of methoxy groups -OCH3 is 1. The molecule has 0 spiro atoms. The van der Waals surface area contributed by atoms with Crippen LogP contribution in [0, 0.1) is 0 Å². The van der Waals surface area contributed by atoms with Gasteiger partial charge in [0.25, 0.3) is 0 Å². The van der Waals surface area contributed by atoms with E-state index in [4.69, 9.17) is 24.3 Å². The van der Waals surface area contributed by atoms with E-state index in [9.17, 15) is 9.13 Å². The molecule has 0 fully saturated rings. The predicted molar refractivity (Wildman–Crippen MR) is 104 cm³/mol. The first-order chi connectivity index (χ1) is 12.1. The van der Waals surface area contributed by atoms with Crippen LogP contribution in [0.2, 0.25) is 0 Å². The fourth-order valence-electron chi connectivity index (χ4n) is 2.26. The predicted octanol–water partition coefficient (Wildman–Crippen LogP) is 2.72. The van der Waals surface area contributed by atoms with Crippen molar-refractivity contribution in [1.29, 1.82) is 0 Å². The molecular weight excluding hydrogens is 400 g/mol. The van der Waals surface area contributed by atoms with Gasteiger partial charge < -0.3 is 24.3 Å². The van der Waals surface area contributed by atoms with Crippen LogP contribution >= 0.6 is 27.0 Å². The van der Waals surface area contributed by atoms with Crippen LogP contribution in [0.5, 0.6) is 5.75 Å². The third-order valence-electron chi connectivity index (χ3n) is 3.61. The molecule has 26 heavy (non-hydrogen) atoms. The van der Waals surface area contributed by atoms with Gasteiger partial charge in [-0.1, -0.05) is 25.0 Å². The SMILES string of the molecule is COc1ccc(CSCCCCCCNC(P(=O)(O)O)P(=O)(O)O)cc1. The molecule has 0 aliphatic carbocycles. The van der Waals surface area contributed by atoms with E-state index >= 15 is 0 Å². The Bertz CT molecular complexity index is 595. The van der Waals surface area contributed by atoms with Crippen LogP contribution in [0.25, 0.3) is 0 Å². The number of rotatable bonds is 13. The summed E-state index contributed by atoms with van der Waals surface area (Å²) in [5.41, 5.74) is -0.879. The molecule has 11 heteroatoms. The summed E-state index contributed by atoms with van der Waals surface area (Å²) in [7, 11) is -8.14. The molecule has 0 atom stereocenters. The summed E-state index contributed by atoms with van der Waals surface area (Å²) >= 11 is 1.83. The summed E-state index contributed by atoms with van der Waals surface area (Å²) in [6, 6.07) is 7.95. The maximum absolute atomic E-state index is 11.1. The number of benzene rings is 1. The van der Waals surface area contributed by atoms with E-state index in [1.165, 1.54) is 5.56 Å². The summed E-state index contributed by atoms with van der Waals surface area (Å²) in [5, 5.41) is 2.29. The van der Waals surface area contributed by atoms with Gasteiger partial charge in [0.2, 0.25) is 5.52 Å². The molecule has 0 radical (unpaired) electrons. The van der Waals surface area contributed by atoms with Gasteiger partial charge in [-0.2, -0.15) is 11.8 Å². The molecule has 0 saturated heterocycles. The van der Waals surface area contributed by atoms with Gasteiger partial charge in [0, 0.05) is 5.75 Å². The summed E-state index contributed by atoms with van der Waals surface area (Å²) in [5.74, 6) is 2.78. The monoisotopic (exact) mass is 427 g/mol. The Balaban J connectivity index is 2.10. The molecule has 0 unspecified atom stereocenters. The van der Waals surface area contributed by atoms with Gasteiger partial charge in [-0.15, -0.1) is 0 Å². The zero-order chi connectivity index (χ0) is 19.6. The molecule has 5 N–H and O–H groups in total. The Morgan fingerprint density at radius 1 is 1.00 bits per heavy atom. The van der Waals surface area contributed by atoms with Crippen LogP contribution in [0.15, 0.2) is 24.3 Å². The van der Waals surface area contributed by atoms with Gasteiger partial charge in [-0.25, -0.2) is 0 Å². The average molecular weight is 427 g/mol. The molecule has 0 heterocycles. The van der Waals surface area contributed by atoms with E-state index in [1.54, 1.807) is 7.11 Å². The average Bonchev–Trinajstić information content (AvgIpc) is 2.54. The lowest BCUT2D eigenvalue weighted by Crippen LogP contribution is -2.29. The molecular formula is C15H27NO7P2S. The van der Waals surface area contributed by atoms with Crippen molar-refractivity contribution in [3.63, 3.8) is 0 Å². The topological polar surface area (TPSA) is 136 Å². The van der Waals surface area contributed by atoms with Crippen molar-refractivity contribution >= 4 is 27.0 Å². The molecule has 8 nitrogen and oxygen atoms in total. The van der Waals surface area contributed by atoms with E-state index in [-0.39, 0.29) is 6.54 Å². The van der Waals surface area contributed by atoms with Crippen LogP contribution < -0.4 is 10.1 Å². The van der Waals surface area contributed by atoms with E-state index in [0.29, 0.717) is 6.42 Å². The quantitative estimate of drug-likeness (QED) is 0.238. The molecule has 150 valence electrons. The van der Waals surface area contributed by atoms with Crippen LogP contribution in [0.3, 0.4) is 0 Å². The highest BCUT2D eigenvalue weighted by molar-refractivity contribution is 7.98. The van der Waals surface area contributed by atoms with E-state index in [2.05, 4.69) is 5.32 Å². The zero-order valence-corrected chi connectivity index (χ0v) is 17.3. The summed E-state index contributed by atoms with van der Waals surface area (Å²) in [6.07, 6.45) is 3.39. The maximum atomic E-state index is 11.1. The number of hydrogen-bond acceptors (Lipinski definition) is 5. The lowest BCUT2D eigenvalue weighted by atomic mass is 10.2. The minimum atomic E-state index is -4.89.